The third-order valence-corrected chi connectivity index (χ3v) is 4.62. The fourth-order valence-electron chi connectivity index (χ4n) is 2.93. The van der Waals surface area contributed by atoms with Gasteiger partial charge in [0.25, 0.3) is 5.91 Å². The highest BCUT2D eigenvalue weighted by Crippen LogP contribution is 2.20. The summed E-state index contributed by atoms with van der Waals surface area (Å²) in [6.07, 6.45) is 3.02. The van der Waals surface area contributed by atoms with E-state index in [1.807, 2.05) is 55.5 Å². The smallest absolute Gasteiger partial charge is 0.340 e. The lowest BCUT2D eigenvalue weighted by atomic mass is 10.1. The zero-order chi connectivity index (χ0) is 22.1. The van der Waals surface area contributed by atoms with Crippen LogP contribution in [0.4, 0.5) is 11.4 Å². The highest BCUT2D eigenvalue weighted by atomic mass is 16.5. The van der Waals surface area contributed by atoms with Crippen molar-refractivity contribution < 1.29 is 14.3 Å². The van der Waals surface area contributed by atoms with Crippen LogP contribution in [-0.2, 0) is 9.53 Å². The van der Waals surface area contributed by atoms with Crippen LogP contribution in [0.2, 0.25) is 0 Å². The van der Waals surface area contributed by atoms with Crippen LogP contribution in [-0.4, -0.2) is 18.5 Å². The number of amides is 1. The molecule has 1 amide bonds. The van der Waals surface area contributed by atoms with Gasteiger partial charge in [-0.15, -0.1) is 0 Å². The molecule has 0 heterocycles. The molecule has 31 heavy (non-hydrogen) atoms. The third-order valence-electron chi connectivity index (χ3n) is 4.62. The molecular formula is C25H23N3O3. The van der Waals surface area contributed by atoms with Crippen molar-refractivity contribution in [3.05, 3.63) is 84.1 Å². The molecule has 0 saturated heterocycles. The fraction of sp³-hybridized carbons (Fsp3) is 0.160. The molecule has 2 N–H and O–H groups in total. The van der Waals surface area contributed by atoms with E-state index in [-0.39, 0.29) is 11.1 Å². The number of esters is 1. The Morgan fingerprint density at radius 1 is 1.03 bits per heavy atom. The molecule has 0 aliphatic carbocycles. The van der Waals surface area contributed by atoms with Crippen LogP contribution in [0.25, 0.3) is 10.8 Å². The lowest BCUT2D eigenvalue weighted by molar-refractivity contribution is -0.112. The Labute approximate surface area is 181 Å². The van der Waals surface area contributed by atoms with Crippen molar-refractivity contribution >= 4 is 34.0 Å². The van der Waals surface area contributed by atoms with E-state index in [1.54, 1.807) is 24.3 Å². The van der Waals surface area contributed by atoms with Gasteiger partial charge in [0.05, 0.1) is 17.9 Å². The number of carbonyl (C=O) groups is 2. The van der Waals surface area contributed by atoms with Gasteiger partial charge >= 0.3 is 5.97 Å². The normalized spacial score (nSPS) is 10.9. The molecule has 156 valence electrons. The molecule has 0 bridgehead atoms. The third kappa shape index (κ3) is 5.71. The van der Waals surface area contributed by atoms with Crippen molar-refractivity contribution in [2.45, 2.75) is 19.8 Å². The van der Waals surface area contributed by atoms with Crippen LogP contribution in [0.15, 0.2) is 78.5 Å². The number of unbranched alkanes of at least 4 members (excludes halogenated alkanes) is 1. The quantitative estimate of drug-likeness (QED) is 0.228. The molecule has 0 aliphatic heterocycles. The van der Waals surface area contributed by atoms with Crippen LogP contribution in [0.1, 0.15) is 30.1 Å². The highest BCUT2D eigenvalue weighted by Gasteiger charge is 2.16. The number of hydrogen-bond acceptors (Lipinski definition) is 5. The maximum atomic E-state index is 12.6. The minimum atomic E-state index is -0.621. The summed E-state index contributed by atoms with van der Waals surface area (Å²) in [7, 11) is 0. The van der Waals surface area contributed by atoms with E-state index >= 15 is 0 Å². The summed E-state index contributed by atoms with van der Waals surface area (Å²) in [6.45, 7) is 2.32. The molecule has 0 unspecified atom stereocenters. The number of fused-ring (bicyclic) bond motifs is 1. The van der Waals surface area contributed by atoms with Gasteiger partial charge in [-0.05, 0) is 41.5 Å². The molecule has 0 aliphatic rings. The molecule has 0 atom stereocenters. The molecule has 0 fully saturated rings. The van der Waals surface area contributed by atoms with Crippen molar-refractivity contribution in [3.8, 4) is 6.07 Å². The predicted octanol–water partition coefficient (Wildman–Crippen LogP) is 5.25. The zero-order valence-electron chi connectivity index (χ0n) is 17.2. The van der Waals surface area contributed by atoms with Crippen molar-refractivity contribution in [3.63, 3.8) is 0 Å². The largest absolute Gasteiger partial charge is 0.462 e. The van der Waals surface area contributed by atoms with E-state index in [0.29, 0.717) is 12.3 Å². The first-order valence-corrected chi connectivity index (χ1v) is 10.1. The Kier molecular flexibility index (Phi) is 7.39. The average Bonchev–Trinajstić information content (AvgIpc) is 2.80. The number of para-hydroxylation sites is 1. The van der Waals surface area contributed by atoms with Gasteiger partial charge < -0.3 is 15.4 Å². The summed E-state index contributed by atoms with van der Waals surface area (Å²) in [5, 5.41) is 17.2. The minimum Gasteiger partial charge on any atom is -0.462 e. The molecule has 0 aromatic heterocycles. The molecule has 0 spiro atoms. The first kappa shape index (κ1) is 21.6. The molecule has 6 nitrogen and oxygen atoms in total. The standard InChI is InChI=1S/C25H23N3O3/c1-2-3-14-31-25(30)22-10-6-7-11-23(22)28-24(29)20(16-26)17-27-21-13-12-18-8-4-5-9-19(18)15-21/h4-13,15,17,27H,2-3,14H2,1H3,(H,28,29)/b20-17-. The number of nitriles is 1. The Hall–Kier alpha value is -4.11. The van der Waals surface area contributed by atoms with Crippen molar-refractivity contribution in [1.82, 2.24) is 0 Å². The van der Waals surface area contributed by atoms with Gasteiger partial charge in [-0.25, -0.2) is 4.79 Å². The molecule has 3 rings (SSSR count). The van der Waals surface area contributed by atoms with E-state index in [2.05, 4.69) is 10.6 Å². The van der Waals surface area contributed by atoms with Gasteiger partial charge in [-0.3, -0.25) is 4.79 Å². The van der Waals surface area contributed by atoms with Crippen LogP contribution >= 0.6 is 0 Å². The van der Waals surface area contributed by atoms with Gasteiger partial charge in [-0.1, -0.05) is 55.8 Å². The van der Waals surface area contributed by atoms with E-state index < -0.39 is 11.9 Å². The second kappa shape index (κ2) is 10.6. The fourth-order valence-corrected chi connectivity index (χ4v) is 2.93. The second-order valence-corrected chi connectivity index (χ2v) is 6.87. The maximum Gasteiger partial charge on any atom is 0.340 e. The van der Waals surface area contributed by atoms with E-state index in [0.717, 1.165) is 29.3 Å². The molecule has 3 aromatic rings. The lowest BCUT2D eigenvalue weighted by Crippen LogP contribution is -2.17. The first-order valence-electron chi connectivity index (χ1n) is 10.1. The summed E-state index contributed by atoms with van der Waals surface area (Å²) in [6, 6.07) is 22.1. The Balaban J connectivity index is 1.72. The number of carbonyl (C=O) groups excluding carboxylic acids is 2. The number of benzene rings is 3. The van der Waals surface area contributed by atoms with Gasteiger partial charge in [-0.2, -0.15) is 5.26 Å². The first-order chi connectivity index (χ1) is 15.1. The topological polar surface area (TPSA) is 91.2 Å². The monoisotopic (exact) mass is 413 g/mol. The van der Waals surface area contributed by atoms with Crippen molar-refractivity contribution in [1.29, 1.82) is 5.26 Å². The number of hydrogen-bond donors (Lipinski definition) is 2. The van der Waals surface area contributed by atoms with Crippen molar-refractivity contribution in [2.24, 2.45) is 0 Å². The predicted molar refractivity (Wildman–Crippen MR) is 122 cm³/mol. The molecule has 6 heteroatoms. The molecule has 3 aromatic carbocycles. The number of ether oxygens (including phenoxy) is 1. The summed E-state index contributed by atoms with van der Waals surface area (Å²) >= 11 is 0. The number of nitrogens with one attached hydrogen (secondary N) is 2. The van der Waals surface area contributed by atoms with E-state index in [4.69, 9.17) is 4.74 Å². The summed E-state index contributed by atoms with van der Waals surface area (Å²) in [4.78, 5) is 24.9. The minimum absolute atomic E-state index is 0.123. The van der Waals surface area contributed by atoms with Gasteiger partial charge in [0.15, 0.2) is 0 Å². The van der Waals surface area contributed by atoms with Gasteiger partial charge in [0.2, 0.25) is 0 Å². The Morgan fingerprint density at radius 2 is 1.77 bits per heavy atom. The van der Waals surface area contributed by atoms with E-state index in [9.17, 15) is 14.9 Å². The lowest BCUT2D eigenvalue weighted by Gasteiger charge is -2.11. The Morgan fingerprint density at radius 3 is 2.55 bits per heavy atom. The summed E-state index contributed by atoms with van der Waals surface area (Å²) in [5.74, 6) is -1.13. The second-order valence-electron chi connectivity index (χ2n) is 6.87. The average molecular weight is 413 g/mol. The van der Waals surface area contributed by atoms with Crippen LogP contribution in [0, 0.1) is 11.3 Å². The maximum absolute atomic E-state index is 12.6. The van der Waals surface area contributed by atoms with Gasteiger partial charge in [0, 0.05) is 11.9 Å². The van der Waals surface area contributed by atoms with Crippen molar-refractivity contribution in [2.75, 3.05) is 17.2 Å². The summed E-state index contributed by atoms with van der Waals surface area (Å²) in [5.41, 5.74) is 1.16. The number of nitrogens with zero attached hydrogens (tertiary/aromatic N) is 1. The SMILES string of the molecule is CCCCOC(=O)c1ccccc1NC(=O)/C(C#N)=C\Nc1ccc2ccccc2c1. The summed E-state index contributed by atoms with van der Waals surface area (Å²) < 4.78 is 5.24. The number of anilines is 2. The van der Waals surface area contributed by atoms with E-state index in [1.165, 1.54) is 6.20 Å². The zero-order valence-corrected chi connectivity index (χ0v) is 17.2. The Bertz CT molecular complexity index is 1160. The molecular weight excluding hydrogens is 390 g/mol. The molecule has 0 saturated carbocycles. The van der Waals surface area contributed by atoms with Crippen LogP contribution < -0.4 is 10.6 Å². The van der Waals surface area contributed by atoms with Crippen LogP contribution in [0.3, 0.4) is 0 Å². The molecule has 0 radical (unpaired) electrons. The number of rotatable bonds is 8. The van der Waals surface area contributed by atoms with Crippen LogP contribution in [0.5, 0.6) is 0 Å². The van der Waals surface area contributed by atoms with Gasteiger partial charge in [0.1, 0.15) is 11.6 Å². The highest BCUT2D eigenvalue weighted by molar-refractivity contribution is 6.09.